The molecule has 1 spiro atoms. The number of ketones is 2. The van der Waals surface area contributed by atoms with Crippen LogP contribution in [0.3, 0.4) is 0 Å². The van der Waals surface area contributed by atoms with Crippen LogP contribution >= 0.6 is 0 Å². The van der Waals surface area contributed by atoms with Crippen LogP contribution in [0, 0.1) is 50.2 Å². The number of carbonyl (C=O) groups excluding carboxylic acids is 3. The predicted octanol–water partition coefficient (Wildman–Crippen LogP) is 4.47. The van der Waals surface area contributed by atoms with Crippen molar-refractivity contribution in [3.63, 3.8) is 0 Å². The molecule has 1 heterocycles. The van der Waals surface area contributed by atoms with E-state index in [1.54, 1.807) is 26.0 Å². The highest BCUT2D eigenvalue weighted by Crippen LogP contribution is 2.76. The molecule has 5 aliphatic rings. The van der Waals surface area contributed by atoms with E-state index in [1.165, 1.54) is 0 Å². The summed E-state index contributed by atoms with van der Waals surface area (Å²) in [4.78, 5) is 40.8. The Labute approximate surface area is 207 Å². The third kappa shape index (κ3) is 2.25. The number of carbonyl (C=O) groups is 3. The summed E-state index contributed by atoms with van der Waals surface area (Å²) in [7, 11) is 0. The van der Waals surface area contributed by atoms with Gasteiger partial charge >= 0.3 is 5.97 Å². The van der Waals surface area contributed by atoms with Crippen molar-refractivity contribution in [1.29, 1.82) is 5.26 Å². The van der Waals surface area contributed by atoms with Gasteiger partial charge in [-0.15, -0.1) is 0 Å². The maximum absolute atomic E-state index is 14.2. The number of aliphatic hydroxyl groups excluding tert-OH is 1. The van der Waals surface area contributed by atoms with Crippen LogP contribution in [0.15, 0.2) is 23.3 Å². The van der Waals surface area contributed by atoms with Gasteiger partial charge in [0.1, 0.15) is 6.07 Å². The fraction of sp³-hybridized carbons (Fsp3) is 0.724. The lowest BCUT2D eigenvalue weighted by molar-refractivity contribution is -0.200. The van der Waals surface area contributed by atoms with Crippen molar-refractivity contribution >= 4 is 17.5 Å². The van der Waals surface area contributed by atoms with Crippen LogP contribution in [0.4, 0.5) is 0 Å². The normalized spacial score (nSPS) is 51.2. The summed E-state index contributed by atoms with van der Waals surface area (Å²) in [5.41, 5.74) is -3.89. The minimum Gasteiger partial charge on any atom is -0.449 e. The van der Waals surface area contributed by atoms with Gasteiger partial charge in [-0.3, -0.25) is 14.4 Å². The fourth-order valence-electron chi connectivity index (χ4n) is 9.57. The third-order valence-electron chi connectivity index (χ3n) is 12.2. The predicted molar refractivity (Wildman–Crippen MR) is 129 cm³/mol. The average molecular weight is 480 g/mol. The Balaban J connectivity index is 1.78. The van der Waals surface area contributed by atoms with E-state index in [2.05, 4.69) is 19.9 Å². The number of esters is 1. The SMILES string of the molecule is CC[C@@]12CC[C@@]3(C)[C@]4(C)CCC5[C@](C)(C(C)O)C(=O)C(C#N)=C[C@]5(C)C4=CC(=O)[C@]3(OC1=O)C2C. The van der Waals surface area contributed by atoms with E-state index in [0.717, 1.165) is 5.57 Å². The minimum atomic E-state index is -1.21. The van der Waals surface area contributed by atoms with Gasteiger partial charge in [-0.1, -0.05) is 40.7 Å². The molecule has 5 rings (SSSR count). The quantitative estimate of drug-likeness (QED) is 0.586. The first-order valence-electron chi connectivity index (χ1n) is 13.0. The van der Waals surface area contributed by atoms with Crippen LogP contribution < -0.4 is 0 Å². The molecule has 0 radical (unpaired) electrons. The van der Waals surface area contributed by atoms with Gasteiger partial charge in [0, 0.05) is 16.7 Å². The first-order valence-corrected chi connectivity index (χ1v) is 13.0. The topological polar surface area (TPSA) is 104 Å². The van der Waals surface area contributed by atoms with Gasteiger partial charge in [0.2, 0.25) is 0 Å². The summed E-state index contributed by atoms with van der Waals surface area (Å²) >= 11 is 0. The highest BCUT2D eigenvalue weighted by Gasteiger charge is 2.80. The van der Waals surface area contributed by atoms with Crippen LogP contribution in [0.25, 0.3) is 0 Å². The van der Waals surface area contributed by atoms with Crippen molar-refractivity contribution in [2.75, 3.05) is 0 Å². The first kappa shape index (κ1) is 24.4. The number of fused-ring (bicyclic) bond motifs is 5. The monoisotopic (exact) mass is 479 g/mol. The highest BCUT2D eigenvalue weighted by atomic mass is 16.6. The number of rotatable bonds is 2. The highest BCUT2D eigenvalue weighted by molar-refractivity contribution is 6.07. The second kappa shape index (κ2) is 6.73. The zero-order valence-electron chi connectivity index (χ0n) is 21.9. The van der Waals surface area contributed by atoms with Crippen LogP contribution in [0.1, 0.15) is 80.6 Å². The molecule has 3 fully saturated rings. The molecule has 1 N–H and O–H groups in total. The van der Waals surface area contributed by atoms with Gasteiger partial charge in [0.05, 0.1) is 22.5 Å². The van der Waals surface area contributed by atoms with Crippen molar-refractivity contribution < 1.29 is 24.2 Å². The molecule has 0 aromatic rings. The van der Waals surface area contributed by atoms with Gasteiger partial charge in [-0.05, 0) is 68.9 Å². The summed E-state index contributed by atoms with van der Waals surface area (Å²) in [5.74, 6) is -1.24. The molecule has 0 aromatic heterocycles. The second-order valence-electron chi connectivity index (χ2n) is 12.8. The molecule has 4 aliphatic carbocycles. The summed E-state index contributed by atoms with van der Waals surface area (Å²) in [5, 5.41) is 20.7. The van der Waals surface area contributed by atoms with Crippen LogP contribution in [-0.4, -0.2) is 34.3 Å². The number of hydrogen-bond acceptors (Lipinski definition) is 6. The Morgan fingerprint density at radius 2 is 1.83 bits per heavy atom. The molecule has 1 saturated heterocycles. The maximum Gasteiger partial charge on any atom is 0.313 e. The summed E-state index contributed by atoms with van der Waals surface area (Å²) < 4.78 is 6.23. The van der Waals surface area contributed by atoms with Crippen molar-refractivity contribution in [1.82, 2.24) is 0 Å². The first-order chi connectivity index (χ1) is 16.2. The number of Topliss-reactive ketones (excluding diaryl/α,β-unsaturated/α-hetero) is 1. The van der Waals surface area contributed by atoms with Gasteiger partial charge in [0.15, 0.2) is 17.2 Å². The van der Waals surface area contributed by atoms with E-state index in [0.29, 0.717) is 32.1 Å². The standard InChI is InChI=1S/C29H37NO5/c1-8-28-12-11-26(6)25(5)10-9-19-24(4,14-18(15-30)22(33)27(19,7)17(3)31)20(25)13-21(32)29(26,16(28)2)35-23(28)34/h13-14,16-17,19,31H,8-12H2,1-7H3/t16?,17?,19?,24-,25+,26-,27-,28-,29+/m0/s1. The number of aliphatic hydroxyl groups is 1. The molecule has 6 heteroatoms. The largest absolute Gasteiger partial charge is 0.449 e. The molecule has 1 aliphatic heterocycles. The molecule has 9 atom stereocenters. The summed E-state index contributed by atoms with van der Waals surface area (Å²) in [6.07, 6.45) is 5.89. The molecule has 6 nitrogen and oxygen atoms in total. The number of allylic oxidation sites excluding steroid dienone is 3. The molecule has 2 bridgehead atoms. The molecule has 2 saturated carbocycles. The Hall–Kier alpha value is -2.26. The van der Waals surface area contributed by atoms with Crippen molar-refractivity contribution in [2.45, 2.75) is 92.3 Å². The number of hydrogen-bond donors (Lipinski definition) is 1. The Kier molecular flexibility index (Phi) is 4.70. The van der Waals surface area contributed by atoms with Crippen molar-refractivity contribution in [3.05, 3.63) is 23.3 Å². The van der Waals surface area contributed by atoms with Crippen LogP contribution in [0.5, 0.6) is 0 Å². The smallest absolute Gasteiger partial charge is 0.313 e. The fourth-order valence-corrected chi connectivity index (χ4v) is 9.57. The van der Waals surface area contributed by atoms with Gasteiger partial charge in [0.25, 0.3) is 0 Å². The molecular weight excluding hydrogens is 442 g/mol. The minimum absolute atomic E-state index is 0.0458. The Morgan fingerprint density at radius 3 is 2.40 bits per heavy atom. The summed E-state index contributed by atoms with van der Waals surface area (Å²) in [6, 6.07) is 2.08. The molecular formula is C29H37NO5. The zero-order chi connectivity index (χ0) is 26.0. The third-order valence-corrected chi connectivity index (χ3v) is 12.2. The lowest BCUT2D eigenvalue weighted by Gasteiger charge is -2.68. The van der Waals surface area contributed by atoms with E-state index in [-0.39, 0.29) is 34.9 Å². The van der Waals surface area contributed by atoms with E-state index >= 15 is 0 Å². The maximum atomic E-state index is 14.2. The zero-order valence-corrected chi connectivity index (χ0v) is 21.9. The van der Waals surface area contributed by atoms with Crippen molar-refractivity contribution in [2.24, 2.45) is 38.9 Å². The van der Waals surface area contributed by atoms with E-state index in [1.807, 2.05) is 20.8 Å². The molecule has 0 amide bonds. The van der Waals surface area contributed by atoms with Gasteiger partial charge in [-0.2, -0.15) is 5.26 Å². The number of nitrogens with zero attached hydrogens (tertiary/aromatic N) is 1. The van der Waals surface area contributed by atoms with Gasteiger partial charge < -0.3 is 9.84 Å². The Morgan fingerprint density at radius 1 is 1.17 bits per heavy atom. The Bertz CT molecular complexity index is 1180. The molecule has 188 valence electrons. The lowest BCUT2D eigenvalue weighted by Crippen LogP contribution is -2.70. The average Bonchev–Trinajstić information content (AvgIpc) is 2.96. The number of ether oxygens (including phenoxy) is 1. The second-order valence-corrected chi connectivity index (χ2v) is 12.8. The molecule has 0 aromatic carbocycles. The van der Waals surface area contributed by atoms with Crippen LogP contribution in [0.2, 0.25) is 0 Å². The van der Waals surface area contributed by atoms with Gasteiger partial charge in [-0.25, -0.2) is 0 Å². The van der Waals surface area contributed by atoms with E-state index in [9.17, 15) is 24.8 Å². The molecule has 3 unspecified atom stereocenters. The van der Waals surface area contributed by atoms with Crippen LogP contribution in [-0.2, 0) is 19.1 Å². The lowest BCUT2D eigenvalue weighted by atomic mass is 9.34. The van der Waals surface area contributed by atoms with E-state index in [4.69, 9.17) is 4.74 Å². The van der Waals surface area contributed by atoms with Crippen molar-refractivity contribution in [3.8, 4) is 6.07 Å². The van der Waals surface area contributed by atoms with E-state index < -0.39 is 38.8 Å². The molecule has 35 heavy (non-hydrogen) atoms. The summed E-state index contributed by atoms with van der Waals surface area (Å²) in [6.45, 7) is 13.7. The number of nitriles is 1.